The van der Waals surface area contributed by atoms with Crippen LogP contribution in [0.3, 0.4) is 0 Å². The highest BCUT2D eigenvalue weighted by molar-refractivity contribution is 6.39. The van der Waals surface area contributed by atoms with Gasteiger partial charge in [-0.05, 0) is 95.5 Å². The number of hydrogen-bond acceptors (Lipinski definition) is 12. The molecule has 1 aliphatic carbocycles. The number of hydrogen-bond donors (Lipinski definition) is 3. The summed E-state index contributed by atoms with van der Waals surface area (Å²) in [6, 6.07) is -1.14. The highest BCUT2D eigenvalue weighted by Crippen LogP contribution is 2.39. The molecule has 3 aliphatic heterocycles. The molecule has 322 valence electrons. The lowest BCUT2D eigenvalue weighted by molar-refractivity contribution is -0.302. The van der Waals surface area contributed by atoms with Crippen LogP contribution >= 0.6 is 0 Å². The van der Waals surface area contributed by atoms with E-state index in [-0.39, 0.29) is 49.5 Å². The van der Waals surface area contributed by atoms with Gasteiger partial charge in [-0.2, -0.15) is 0 Å². The van der Waals surface area contributed by atoms with Gasteiger partial charge in [0.1, 0.15) is 24.0 Å². The zero-order chi connectivity index (χ0) is 42.2. The number of Topliss-reactive ketones (excluding diaryl/α,β-unsaturated/α-hetero) is 2. The van der Waals surface area contributed by atoms with Gasteiger partial charge in [-0.3, -0.25) is 14.4 Å². The van der Waals surface area contributed by atoms with Gasteiger partial charge in [-0.1, -0.05) is 44.6 Å². The van der Waals surface area contributed by atoms with Gasteiger partial charge in [0, 0.05) is 52.0 Å². The van der Waals surface area contributed by atoms with Gasteiger partial charge < -0.3 is 43.9 Å². The number of aliphatic hydroxyl groups excluding tert-OH is 2. The molecule has 3 heterocycles. The zero-order valence-electron chi connectivity index (χ0n) is 35.4. The van der Waals surface area contributed by atoms with E-state index in [1.54, 1.807) is 27.0 Å². The molecule has 1 unspecified atom stereocenters. The molecule has 3 N–H and O–H groups in total. The summed E-state index contributed by atoms with van der Waals surface area (Å²) in [6.07, 6.45) is 4.93. The lowest BCUT2D eigenvalue weighted by Crippen LogP contribution is -2.64. The van der Waals surface area contributed by atoms with Crippen LogP contribution in [0.15, 0.2) is 36.0 Å². The smallest absolute Gasteiger partial charge is 0.329 e. The van der Waals surface area contributed by atoms with E-state index in [1.807, 2.05) is 32.9 Å². The minimum atomic E-state index is -2.51. The first-order chi connectivity index (χ1) is 27.0. The summed E-state index contributed by atoms with van der Waals surface area (Å²) in [5.41, 5.74) is 1.61. The Morgan fingerprint density at radius 3 is 2.25 bits per heavy atom. The fourth-order valence-corrected chi connectivity index (χ4v) is 9.42. The van der Waals surface area contributed by atoms with E-state index in [0.717, 1.165) is 5.57 Å². The molecule has 2 bridgehead atoms. The SMILES string of the molecule is C=CC[C@@H]1C=C(C)C[C@H](C)C[C@H](OC)[C@H]2O[C@@](O)(C(=O)C(=O)N3CCCC[C@H]3C(=O)O[C@H](C(C)=CC3CC[C@@H](O)[C@H](OC)C3)[C@H](C)[C@@H](O)CC1=O)[C@H](C)C[C@@H]2OC. The van der Waals surface area contributed by atoms with E-state index in [0.29, 0.717) is 56.9 Å². The van der Waals surface area contributed by atoms with Crippen molar-refractivity contribution >= 4 is 23.4 Å². The number of aliphatic hydroxyl groups is 3. The van der Waals surface area contributed by atoms with Gasteiger partial charge >= 0.3 is 5.97 Å². The van der Waals surface area contributed by atoms with Crippen LogP contribution in [0.5, 0.6) is 0 Å². The Kier molecular flexibility index (Phi) is 17.2. The summed E-state index contributed by atoms with van der Waals surface area (Å²) in [6.45, 7) is 13.1. The number of amides is 1. The van der Waals surface area contributed by atoms with Crippen LogP contribution in [-0.2, 0) is 42.9 Å². The van der Waals surface area contributed by atoms with Crippen molar-refractivity contribution in [3.8, 4) is 0 Å². The summed E-state index contributed by atoms with van der Waals surface area (Å²) in [4.78, 5) is 57.8. The highest BCUT2D eigenvalue weighted by Gasteiger charge is 2.56. The van der Waals surface area contributed by atoms with Gasteiger partial charge in [-0.25, -0.2) is 4.79 Å². The lowest BCUT2D eigenvalue weighted by atomic mass is 9.81. The molecule has 0 aromatic heterocycles. The first-order valence-electron chi connectivity index (χ1n) is 20.9. The molecule has 0 aromatic rings. The largest absolute Gasteiger partial charge is 0.456 e. The molecular weight excluding hydrogens is 734 g/mol. The Labute approximate surface area is 339 Å². The van der Waals surface area contributed by atoms with Crippen molar-refractivity contribution in [2.75, 3.05) is 27.9 Å². The molecule has 0 radical (unpaired) electrons. The lowest BCUT2D eigenvalue weighted by Gasteiger charge is -2.47. The summed E-state index contributed by atoms with van der Waals surface area (Å²) in [5.74, 6) is -7.76. The molecule has 3 fully saturated rings. The average molecular weight is 804 g/mol. The van der Waals surface area contributed by atoms with Gasteiger partial charge in [0.25, 0.3) is 11.7 Å². The van der Waals surface area contributed by atoms with Crippen molar-refractivity contribution in [3.05, 3.63) is 36.0 Å². The number of fused-ring (bicyclic) bond motifs is 3. The fraction of sp³-hybridized carbons (Fsp3) is 0.773. The van der Waals surface area contributed by atoms with Crippen molar-refractivity contribution in [3.63, 3.8) is 0 Å². The molecular formula is C44H69NO12. The number of allylic oxidation sites excluding steroid dienone is 4. The maximum Gasteiger partial charge on any atom is 0.329 e. The normalized spacial score (nSPS) is 40.1. The van der Waals surface area contributed by atoms with E-state index in [4.69, 9.17) is 23.7 Å². The van der Waals surface area contributed by atoms with Gasteiger partial charge in [0.05, 0.1) is 30.5 Å². The molecule has 0 aromatic carbocycles. The Morgan fingerprint density at radius 2 is 1.60 bits per heavy atom. The standard InChI is InChI=1S/C44H69NO12/c1-10-13-31-19-25(2)18-26(3)20-37(54-8)40-38(55-9)22-28(5)44(52,57-40)41(49)42(50)45-17-12-11-14-32(45)43(51)56-39(29(6)34(47)24-35(31)48)27(4)21-30-15-16-33(46)36(23-30)53-7/h10,19,21,26,28-34,36-40,46-47,52H,1,11-18,20,22-24H2,2-9H3/t26-,28+,29+,30?,31+,32-,33+,34-,36+,37-,38-,39+,40+,44+/m0/s1. The summed E-state index contributed by atoms with van der Waals surface area (Å²) >= 11 is 0. The van der Waals surface area contributed by atoms with E-state index in [2.05, 4.69) is 6.58 Å². The van der Waals surface area contributed by atoms with Crippen LogP contribution in [0.1, 0.15) is 105 Å². The summed E-state index contributed by atoms with van der Waals surface area (Å²) < 4.78 is 29.7. The molecule has 0 spiro atoms. The number of piperidine rings is 1. The highest BCUT2D eigenvalue weighted by atomic mass is 16.7. The van der Waals surface area contributed by atoms with E-state index < -0.39 is 83.9 Å². The molecule has 13 heteroatoms. The van der Waals surface area contributed by atoms with Crippen LogP contribution in [0.2, 0.25) is 0 Å². The molecule has 13 nitrogen and oxygen atoms in total. The molecule has 1 amide bonds. The fourth-order valence-electron chi connectivity index (χ4n) is 9.42. The van der Waals surface area contributed by atoms with Crippen LogP contribution in [0, 0.1) is 29.6 Å². The summed E-state index contributed by atoms with van der Waals surface area (Å²) in [7, 11) is 4.61. The molecule has 14 atom stereocenters. The van der Waals surface area contributed by atoms with Crippen molar-refractivity contribution in [1.29, 1.82) is 0 Å². The van der Waals surface area contributed by atoms with E-state index in [9.17, 15) is 34.5 Å². The topological polar surface area (TPSA) is 178 Å². The minimum Gasteiger partial charge on any atom is -0.456 e. The first kappa shape index (κ1) is 46.9. The number of rotatable bonds is 7. The maximum atomic E-state index is 14.3. The maximum absolute atomic E-state index is 14.3. The number of ketones is 2. The summed E-state index contributed by atoms with van der Waals surface area (Å²) in [5, 5.41) is 34.1. The second-order valence-electron chi connectivity index (χ2n) is 17.3. The molecule has 4 aliphatic rings. The number of nitrogens with zero attached hydrogens (tertiary/aromatic N) is 1. The molecule has 1 saturated carbocycles. The van der Waals surface area contributed by atoms with E-state index in [1.165, 1.54) is 19.1 Å². The third kappa shape index (κ3) is 11.3. The Hall–Kier alpha value is -2.78. The monoisotopic (exact) mass is 803 g/mol. The van der Waals surface area contributed by atoms with Crippen LogP contribution in [0.4, 0.5) is 0 Å². The minimum absolute atomic E-state index is 0.00988. The zero-order valence-corrected chi connectivity index (χ0v) is 35.4. The Balaban J connectivity index is 1.78. The number of esters is 1. The van der Waals surface area contributed by atoms with E-state index >= 15 is 0 Å². The van der Waals surface area contributed by atoms with Gasteiger partial charge in [0.2, 0.25) is 5.79 Å². The number of methoxy groups -OCH3 is 3. The number of ether oxygens (including phenoxy) is 5. The predicted octanol–water partition coefficient (Wildman–Crippen LogP) is 4.64. The van der Waals surface area contributed by atoms with Crippen LogP contribution < -0.4 is 0 Å². The number of carbonyl (C=O) groups is 4. The van der Waals surface area contributed by atoms with Crippen molar-refractivity contribution in [1.82, 2.24) is 4.90 Å². The quantitative estimate of drug-likeness (QED) is 0.185. The molecule has 4 rings (SSSR count). The third-order valence-corrected chi connectivity index (χ3v) is 12.9. The third-order valence-electron chi connectivity index (χ3n) is 12.9. The van der Waals surface area contributed by atoms with Crippen molar-refractivity contribution < 1.29 is 58.2 Å². The van der Waals surface area contributed by atoms with Crippen LogP contribution in [-0.4, -0.2) is 126 Å². The molecule has 57 heavy (non-hydrogen) atoms. The second-order valence-corrected chi connectivity index (χ2v) is 17.3. The number of carbonyl (C=O) groups excluding carboxylic acids is 4. The van der Waals surface area contributed by atoms with Crippen molar-refractivity contribution in [2.45, 2.75) is 160 Å². The second kappa shape index (κ2) is 21.0. The average Bonchev–Trinajstić information content (AvgIpc) is 3.18. The Bertz CT molecular complexity index is 1480. The van der Waals surface area contributed by atoms with Crippen LogP contribution in [0.25, 0.3) is 0 Å². The van der Waals surface area contributed by atoms with Gasteiger partial charge in [0.15, 0.2) is 0 Å². The Morgan fingerprint density at radius 1 is 0.930 bits per heavy atom. The molecule has 2 saturated heterocycles. The van der Waals surface area contributed by atoms with Crippen molar-refractivity contribution in [2.24, 2.45) is 29.6 Å². The first-order valence-corrected chi connectivity index (χ1v) is 20.9. The van der Waals surface area contributed by atoms with Gasteiger partial charge in [-0.15, -0.1) is 6.58 Å². The predicted molar refractivity (Wildman–Crippen MR) is 213 cm³/mol. The number of cyclic esters (lactones) is 1.